The van der Waals surface area contributed by atoms with Crippen LogP contribution in [-0.2, 0) is 13.0 Å². The minimum absolute atomic E-state index is 0.106. The Bertz CT molecular complexity index is 1100. The summed E-state index contributed by atoms with van der Waals surface area (Å²) >= 11 is 5.71. The van der Waals surface area contributed by atoms with Crippen LogP contribution >= 0.6 is 11.6 Å². The monoisotopic (exact) mass is 343 g/mol. The third-order valence-corrected chi connectivity index (χ3v) is 3.99. The van der Waals surface area contributed by atoms with E-state index in [4.69, 9.17) is 16.9 Å². The molecule has 1 aromatic heterocycles. The molecule has 24 heavy (non-hydrogen) atoms. The van der Waals surface area contributed by atoms with Gasteiger partial charge in [-0.15, -0.1) is 0 Å². The molecule has 0 radical (unpaired) electrons. The van der Waals surface area contributed by atoms with Gasteiger partial charge in [0.2, 0.25) is 0 Å². The Balaban J connectivity index is 2.00. The summed E-state index contributed by atoms with van der Waals surface area (Å²) in [4.78, 5) is 27.0. The molecule has 7 heteroatoms. The van der Waals surface area contributed by atoms with Gasteiger partial charge in [0.15, 0.2) is 0 Å². The highest BCUT2D eigenvalue weighted by Crippen LogP contribution is 2.18. The lowest BCUT2D eigenvalue weighted by Gasteiger charge is -2.07. The van der Waals surface area contributed by atoms with Crippen molar-refractivity contribution < 1.29 is 4.39 Å². The number of rotatable bonds is 3. The summed E-state index contributed by atoms with van der Waals surface area (Å²) in [5.41, 5.74) is 0.291. The molecule has 1 heterocycles. The molecule has 0 unspecified atom stereocenters. The highest BCUT2D eigenvalue weighted by molar-refractivity contribution is 6.31. The molecule has 0 saturated heterocycles. The first-order valence-corrected chi connectivity index (χ1v) is 7.48. The molecular weight excluding hydrogens is 333 g/mol. The van der Waals surface area contributed by atoms with Gasteiger partial charge in [0.25, 0.3) is 5.56 Å². The van der Waals surface area contributed by atoms with Crippen molar-refractivity contribution in [3.05, 3.63) is 79.2 Å². The van der Waals surface area contributed by atoms with Crippen molar-refractivity contribution in [1.29, 1.82) is 5.26 Å². The van der Waals surface area contributed by atoms with Crippen LogP contribution in [0.4, 0.5) is 4.39 Å². The maximum absolute atomic E-state index is 13.5. The van der Waals surface area contributed by atoms with E-state index in [2.05, 4.69) is 4.98 Å². The van der Waals surface area contributed by atoms with Crippen LogP contribution in [0.25, 0.3) is 10.9 Å². The summed E-state index contributed by atoms with van der Waals surface area (Å²) in [6, 6.07) is 11.2. The summed E-state index contributed by atoms with van der Waals surface area (Å²) in [5.74, 6) is -0.703. The Morgan fingerprint density at radius 1 is 1.25 bits per heavy atom. The predicted molar refractivity (Wildman–Crippen MR) is 88.7 cm³/mol. The van der Waals surface area contributed by atoms with Gasteiger partial charge in [0.1, 0.15) is 5.82 Å². The predicted octanol–water partition coefficient (Wildman–Crippen LogP) is 2.60. The zero-order valence-corrected chi connectivity index (χ0v) is 13.1. The molecule has 0 bridgehead atoms. The lowest BCUT2D eigenvalue weighted by Crippen LogP contribution is -2.35. The molecule has 3 aromatic rings. The van der Waals surface area contributed by atoms with Crippen LogP contribution in [0.5, 0.6) is 0 Å². The van der Waals surface area contributed by atoms with E-state index in [9.17, 15) is 14.0 Å². The van der Waals surface area contributed by atoms with Crippen LogP contribution in [0.1, 0.15) is 11.1 Å². The third-order valence-electron chi connectivity index (χ3n) is 3.70. The number of aromatic amines is 1. The number of hydrogen-bond donors (Lipinski definition) is 1. The van der Waals surface area contributed by atoms with E-state index in [1.54, 1.807) is 18.2 Å². The fraction of sp³-hybridized carbons (Fsp3) is 0.118. The molecule has 5 nitrogen and oxygen atoms in total. The fourth-order valence-electron chi connectivity index (χ4n) is 2.49. The van der Waals surface area contributed by atoms with Crippen molar-refractivity contribution in [2.75, 3.05) is 0 Å². The number of nitrogens with zero attached hydrogens (tertiary/aromatic N) is 2. The van der Waals surface area contributed by atoms with Crippen LogP contribution in [0.2, 0.25) is 5.02 Å². The normalized spacial score (nSPS) is 10.7. The second kappa shape index (κ2) is 6.30. The molecule has 1 N–H and O–H groups in total. The first kappa shape index (κ1) is 16.0. The van der Waals surface area contributed by atoms with Crippen LogP contribution in [0, 0.1) is 17.1 Å². The van der Waals surface area contributed by atoms with Crippen LogP contribution in [0.3, 0.4) is 0 Å². The SMILES string of the molecule is N#Cc1cccc(CCn2c(=O)[nH]c3cc(F)c(Cl)cc3c2=O)c1. The van der Waals surface area contributed by atoms with Crippen molar-refractivity contribution in [3.8, 4) is 6.07 Å². The molecule has 0 saturated carbocycles. The number of aromatic nitrogens is 2. The molecule has 0 atom stereocenters. The number of halogens is 2. The molecule has 3 rings (SSSR count). The highest BCUT2D eigenvalue weighted by atomic mass is 35.5. The van der Waals surface area contributed by atoms with E-state index in [0.717, 1.165) is 16.2 Å². The Morgan fingerprint density at radius 3 is 2.79 bits per heavy atom. The second-order valence-electron chi connectivity index (χ2n) is 5.26. The summed E-state index contributed by atoms with van der Waals surface area (Å²) in [7, 11) is 0. The molecule has 0 aliphatic rings. The molecular formula is C17H11ClFN3O2. The molecule has 120 valence electrons. The molecule has 0 aliphatic heterocycles. The van der Waals surface area contributed by atoms with Gasteiger partial charge < -0.3 is 4.98 Å². The summed E-state index contributed by atoms with van der Waals surface area (Å²) in [6.45, 7) is 0.133. The number of aryl methyl sites for hydroxylation is 1. The Labute approximate surface area is 140 Å². The lowest BCUT2D eigenvalue weighted by molar-refractivity contribution is 0.624. The molecule has 0 amide bonds. The van der Waals surface area contributed by atoms with Crippen molar-refractivity contribution in [2.24, 2.45) is 0 Å². The second-order valence-corrected chi connectivity index (χ2v) is 5.67. The Kier molecular flexibility index (Phi) is 4.19. The number of nitrogens with one attached hydrogen (secondary N) is 1. The summed E-state index contributed by atoms with van der Waals surface area (Å²) in [6.07, 6.45) is 0.402. The van der Waals surface area contributed by atoms with Gasteiger partial charge in [0, 0.05) is 6.54 Å². The number of benzene rings is 2. The van der Waals surface area contributed by atoms with Gasteiger partial charge in [-0.1, -0.05) is 23.7 Å². The van der Waals surface area contributed by atoms with E-state index >= 15 is 0 Å². The van der Waals surface area contributed by atoms with E-state index in [-0.39, 0.29) is 22.5 Å². The van der Waals surface area contributed by atoms with E-state index in [1.807, 2.05) is 12.1 Å². The molecule has 0 aliphatic carbocycles. The highest BCUT2D eigenvalue weighted by Gasteiger charge is 2.11. The lowest BCUT2D eigenvalue weighted by atomic mass is 10.1. The minimum Gasteiger partial charge on any atom is -0.307 e. The quantitative estimate of drug-likeness (QED) is 0.794. The van der Waals surface area contributed by atoms with Gasteiger partial charge in [-0.3, -0.25) is 9.36 Å². The van der Waals surface area contributed by atoms with E-state index < -0.39 is 17.1 Å². The zero-order chi connectivity index (χ0) is 17.3. The number of nitriles is 1. The van der Waals surface area contributed by atoms with Gasteiger partial charge in [-0.05, 0) is 36.2 Å². The summed E-state index contributed by atoms with van der Waals surface area (Å²) < 4.78 is 14.5. The smallest absolute Gasteiger partial charge is 0.307 e. The topological polar surface area (TPSA) is 78.7 Å². The molecule has 0 spiro atoms. The summed E-state index contributed by atoms with van der Waals surface area (Å²) in [5, 5.41) is 8.86. The largest absolute Gasteiger partial charge is 0.328 e. The van der Waals surface area contributed by atoms with Gasteiger partial charge in [0.05, 0.1) is 27.6 Å². The van der Waals surface area contributed by atoms with Crippen molar-refractivity contribution in [1.82, 2.24) is 9.55 Å². The number of hydrogen-bond acceptors (Lipinski definition) is 3. The molecule has 2 aromatic carbocycles. The maximum Gasteiger partial charge on any atom is 0.328 e. The molecule has 0 fully saturated rings. The van der Waals surface area contributed by atoms with Crippen LogP contribution in [0.15, 0.2) is 46.0 Å². The van der Waals surface area contributed by atoms with Crippen molar-refractivity contribution in [3.63, 3.8) is 0 Å². The zero-order valence-electron chi connectivity index (χ0n) is 12.3. The standard InChI is InChI=1S/C17H11ClFN3O2/c18-13-7-12-15(8-14(13)19)21-17(24)22(16(12)23)5-4-10-2-1-3-11(6-10)9-20/h1-3,6-8H,4-5H2,(H,21,24). The maximum atomic E-state index is 13.5. The Hall–Kier alpha value is -2.91. The van der Waals surface area contributed by atoms with Gasteiger partial charge in [-0.2, -0.15) is 5.26 Å². The minimum atomic E-state index is -0.703. The van der Waals surface area contributed by atoms with Crippen LogP contribution in [-0.4, -0.2) is 9.55 Å². The average molecular weight is 344 g/mol. The first-order chi connectivity index (χ1) is 11.5. The van der Waals surface area contributed by atoms with Gasteiger partial charge >= 0.3 is 5.69 Å². The average Bonchev–Trinajstić information content (AvgIpc) is 2.57. The number of H-pyrrole nitrogens is 1. The number of fused-ring (bicyclic) bond motifs is 1. The third kappa shape index (κ3) is 2.94. The fourth-order valence-corrected chi connectivity index (χ4v) is 2.65. The van der Waals surface area contributed by atoms with Crippen molar-refractivity contribution in [2.45, 2.75) is 13.0 Å². The van der Waals surface area contributed by atoms with Gasteiger partial charge in [-0.25, -0.2) is 9.18 Å². The van der Waals surface area contributed by atoms with E-state index in [1.165, 1.54) is 6.07 Å². The van der Waals surface area contributed by atoms with Crippen LogP contribution < -0.4 is 11.2 Å². The first-order valence-electron chi connectivity index (χ1n) is 7.10. The Morgan fingerprint density at radius 2 is 2.04 bits per heavy atom. The van der Waals surface area contributed by atoms with Crippen molar-refractivity contribution >= 4 is 22.5 Å². The van der Waals surface area contributed by atoms with E-state index in [0.29, 0.717) is 12.0 Å².